The molecule has 0 saturated carbocycles. The molecule has 0 spiro atoms. The number of aromatic hydroxyl groups is 1. The average molecular weight is 320 g/mol. The van der Waals surface area contributed by atoms with E-state index >= 15 is 0 Å². The highest BCUT2D eigenvalue weighted by molar-refractivity contribution is 5.67. The molecule has 1 heterocycles. The van der Waals surface area contributed by atoms with Crippen LogP contribution in [0.5, 0.6) is 11.5 Å². The van der Waals surface area contributed by atoms with Crippen LogP contribution in [0.3, 0.4) is 0 Å². The molecule has 0 bridgehead atoms. The van der Waals surface area contributed by atoms with Crippen molar-refractivity contribution in [2.45, 2.75) is 13.5 Å². The molecule has 1 aromatic heterocycles. The van der Waals surface area contributed by atoms with Crippen LogP contribution in [0.15, 0.2) is 60.8 Å². The Labute approximate surface area is 141 Å². The van der Waals surface area contributed by atoms with Crippen LogP contribution < -0.4 is 10.1 Å². The molecule has 0 fully saturated rings. The van der Waals surface area contributed by atoms with E-state index in [9.17, 15) is 5.11 Å². The normalized spacial score (nSPS) is 10.4. The first-order valence-electron chi connectivity index (χ1n) is 7.78. The van der Waals surface area contributed by atoms with Gasteiger partial charge >= 0.3 is 0 Å². The molecule has 4 heteroatoms. The number of phenolic OH excluding ortho intramolecular Hbond substituents is 1. The van der Waals surface area contributed by atoms with Gasteiger partial charge in [-0.1, -0.05) is 35.9 Å². The van der Waals surface area contributed by atoms with Gasteiger partial charge < -0.3 is 15.2 Å². The number of phenols is 1. The Hall–Kier alpha value is -3.01. The van der Waals surface area contributed by atoms with Gasteiger partial charge in [-0.05, 0) is 42.3 Å². The second-order valence-corrected chi connectivity index (χ2v) is 5.66. The standard InChI is InChI=1S/C20H20N2O2/c1-14-4-3-5-15(10-14)12-21-20-9-7-17(13-22-20)16-6-8-18(23)19(11-16)24-2/h3-11,13,23H,12H2,1-2H3,(H,21,22). The molecule has 2 N–H and O–H groups in total. The van der Waals surface area contributed by atoms with E-state index in [0.717, 1.165) is 23.5 Å². The molecule has 0 radical (unpaired) electrons. The molecule has 122 valence electrons. The van der Waals surface area contributed by atoms with Crippen molar-refractivity contribution >= 4 is 5.82 Å². The number of hydrogen-bond acceptors (Lipinski definition) is 4. The minimum Gasteiger partial charge on any atom is -0.504 e. The molecule has 0 unspecified atom stereocenters. The van der Waals surface area contributed by atoms with E-state index in [2.05, 4.69) is 41.5 Å². The van der Waals surface area contributed by atoms with Gasteiger partial charge in [0.25, 0.3) is 0 Å². The number of aryl methyl sites for hydroxylation is 1. The van der Waals surface area contributed by atoms with Gasteiger partial charge in [-0.3, -0.25) is 0 Å². The van der Waals surface area contributed by atoms with Crippen LogP contribution >= 0.6 is 0 Å². The topological polar surface area (TPSA) is 54.4 Å². The number of pyridine rings is 1. The van der Waals surface area contributed by atoms with Gasteiger partial charge in [0.2, 0.25) is 0 Å². The summed E-state index contributed by atoms with van der Waals surface area (Å²) in [5.74, 6) is 1.41. The van der Waals surface area contributed by atoms with Crippen molar-refractivity contribution in [1.29, 1.82) is 0 Å². The summed E-state index contributed by atoms with van der Waals surface area (Å²) < 4.78 is 5.15. The van der Waals surface area contributed by atoms with Crippen molar-refractivity contribution in [2.75, 3.05) is 12.4 Å². The largest absolute Gasteiger partial charge is 0.504 e. The highest BCUT2D eigenvalue weighted by Gasteiger charge is 2.05. The van der Waals surface area contributed by atoms with Crippen LogP contribution in [-0.2, 0) is 6.54 Å². The number of anilines is 1. The van der Waals surface area contributed by atoms with E-state index in [-0.39, 0.29) is 5.75 Å². The van der Waals surface area contributed by atoms with Crippen molar-refractivity contribution in [3.8, 4) is 22.6 Å². The van der Waals surface area contributed by atoms with E-state index < -0.39 is 0 Å². The summed E-state index contributed by atoms with van der Waals surface area (Å²) in [4.78, 5) is 4.46. The molecular weight excluding hydrogens is 300 g/mol. The fourth-order valence-electron chi connectivity index (χ4n) is 2.54. The predicted octanol–water partition coefficient (Wildman–Crippen LogP) is 4.38. The van der Waals surface area contributed by atoms with E-state index in [0.29, 0.717) is 5.75 Å². The lowest BCUT2D eigenvalue weighted by Crippen LogP contribution is -2.01. The fourth-order valence-corrected chi connectivity index (χ4v) is 2.54. The van der Waals surface area contributed by atoms with Gasteiger partial charge in [0, 0.05) is 18.3 Å². The first-order chi connectivity index (χ1) is 11.7. The van der Waals surface area contributed by atoms with Crippen molar-refractivity contribution in [1.82, 2.24) is 4.98 Å². The molecule has 0 amide bonds. The Morgan fingerprint density at radius 3 is 2.58 bits per heavy atom. The van der Waals surface area contributed by atoms with E-state index in [1.54, 1.807) is 12.1 Å². The third-order valence-electron chi connectivity index (χ3n) is 3.83. The quantitative estimate of drug-likeness (QED) is 0.732. The molecule has 0 aliphatic carbocycles. The molecule has 0 aliphatic rings. The fraction of sp³-hybridized carbons (Fsp3) is 0.150. The van der Waals surface area contributed by atoms with Gasteiger partial charge in [0.05, 0.1) is 7.11 Å². The average Bonchev–Trinajstić information content (AvgIpc) is 2.61. The maximum Gasteiger partial charge on any atom is 0.161 e. The number of hydrogen-bond donors (Lipinski definition) is 2. The molecule has 0 saturated heterocycles. The lowest BCUT2D eigenvalue weighted by molar-refractivity contribution is 0.373. The summed E-state index contributed by atoms with van der Waals surface area (Å²) in [7, 11) is 1.54. The van der Waals surface area contributed by atoms with Crippen LogP contribution in [-0.4, -0.2) is 17.2 Å². The second kappa shape index (κ2) is 7.04. The SMILES string of the molecule is COc1cc(-c2ccc(NCc3cccc(C)c3)nc2)ccc1O. The van der Waals surface area contributed by atoms with E-state index in [4.69, 9.17) is 4.74 Å². The van der Waals surface area contributed by atoms with Gasteiger partial charge in [-0.2, -0.15) is 0 Å². The number of rotatable bonds is 5. The number of benzene rings is 2. The van der Waals surface area contributed by atoms with Crippen molar-refractivity contribution in [3.63, 3.8) is 0 Å². The Bertz CT molecular complexity index is 829. The van der Waals surface area contributed by atoms with Crippen molar-refractivity contribution in [2.24, 2.45) is 0 Å². The van der Waals surface area contributed by atoms with E-state index in [1.807, 2.05) is 24.4 Å². The summed E-state index contributed by atoms with van der Waals surface area (Å²) in [5.41, 5.74) is 4.39. The van der Waals surface area contributed by atoms with Crippen LogP contribution in [0.4, 0.5) is 5.82 Å². The zero-order valence-corrected chi connectivity index (χ0v) is 13.8. The van der Waals surface area contributed by atoms with Crippen molar-refractivity contribution < 1.29 is 9.84 Å². The first kappa shape index (κ1) is 15.9. The van der Waals surface area contributed by atoms with E-state index in [1.165, 1.54) is 18.2 Å². The number of aromatic nitrogens is 1. The Morgan fingerprint density at radius 1 is 1.04 bits per heavy atom. The number of nitrogens with one attached hydrogen (secondary N) is 1. The third-order valence-corrected chi connectivity index (χ3v) is 3.83. The maximum atomic E-state index is 9.67. The van der Waals surface area contributed by atoms with Crippen LogP contribution in [0.25, 0.3) is 11.1 Å². The van der Waals surface area contributed by atoms with Crippen molar-refractivity contribution in [3.05, 3.63) is 71.9 Å². The van der Waals surface area contributed by atoms with Gasteiger partial charge in [-0.25, -0.2) is 4.98 Å². The molecule has 2 aromatic carbocycles. The summed E-state index contributed by atoms with van der Waals surface area (Å²) in [6, 6.07) is 17.6. The smallest absolute Gasteiger partial charge is 0.161 e. The number of nitrogens with zero attached hydrogens (tertiary/aromatic N) is 1. The molecule has 0 aliphatic heterocycles. The number of ether oxygens (including phenoxy) is 1. The molecule has 0 atom stereocenters. The van der Waals surface area contributed by atoms with Crippen LogP contribution in [0.2, 0.25) is 0 Å². The Morgan fingerprint density at radius 2 is 1.88 bits per heavy atom. The van der Waals surface area contributed by atoms with Crippen LogP contribution in [0.1, 0.15) is 11.1 Å². The molecule has 24 heavy (non-hydrogen) atoms. The maximum absolute atomic E-state index is 9.67. The second-order valence-electron chi connectivity index (χ2n) is 5.66. The highest BCUT2D eigenvalue weighted by Crippen LogP contribution is 2.31. The summed E-state index contributed by atoms with van der Waals surface area (Å²) in [5, 5.41) is 13.0. The highest BCUT2D eigenvalue weighted by atomic mass is 16.5. The predicted molar refractivity (Wildman–Crippen MR) is 96.4 cm³/mol. The zero-order chi connectivity index (χ0) is 16.9. The molecule has 3 aromatic rings. The molecule has 3 rings (SSSR count). The summed E-state index contributed by atoms with van der Waals surface area (Å²) in [6.07, 6.45) is 1.81. The van der Waals surface area contributed by atoms with Gasteiger partial charge in [0.15, 0.2) is 11.5 Å². The molecular formula is C20H20N2O2. The summed E-state index contributed by atoms with van der Waals surface area (Å²) >= 11 is 0. The Balaban J connectivity index is 1.71. The lowest BCUT2D eigenvalue weighted by Gasteiger charge is -2.09. The van der Waals surface area contributed by atoms with Gasteiger partial charge in [0.1, 0.15) is 5.82 Å². The number of methoxy groups -OCH3 is 1. The van der Waals surface area contributed by atoms with Crippen LogP contribution in [0, 0.1) is 6.92 Å². The minimum atomic E-state index is 0.130. The van der Waals surface area contributed by atoms with Gasteiger partial charge in [-0.15, -0.1) is 0 Å². The third kappa shape index (κ3) is 3.66. The molecule has 4 nitrogen and oxygen atoms in total. The summed E-state index contributed by atoms with van der Waals surface area (Å²) in [6.45, 7) is 2.82. The Kier molecular flexibility index (Phi) is 4.66. The monoisotopic (exact) mass is 320 g/mol. The zero-order valence-electron chi connectivity index (χ0n) is 13.8. The lowest BCUT2D eigenvalue weighted by atomic mass is 10.1. The minimum absolute atomic E-state index is 0.130. The first-order valence-corrected chi connectivity index (χ1v) is 7.78.